The lowest BCUT2D eigenvalue weighted by atomic mass is 9.93. The first kappa shape index (κ1) is 14.2. The molecule has 5 heteroatoms. The Kier molecular flexibility index (Phi) is 4.26. The van der Waals surface area contributed by atoms with Gasteiger partial charge in [0.1, 0.15) is 0 Å². The smallest absolute Gasteiger partial charge is 0.0947 e. The molecule has 2 rings (SSSR count). The molecule has 0 saturated heterocycles. The van der Waals surface area contributed by atoms with Crippen LogP contribution in [0.15, 0.2) is 20.6 Å². The van der Waals surface area contributed by atoms with Gasteiger partial charge in [0.05, 0.1) is 14.5 Å². The SMILES string of the molecule is CC(C)(C)c1csc(CC(N)c2csc(Br)c2)n1. The molecule has 0 aliphatic carbocycles. The molecule has 0 spiro atoms. The molecule has 0 aliphatic rings. The molecule has 0 radical (unpaired) electrons. The molecule has 2 aromatic heterocycles. The molecule has 1 atom stereocenters. The van der Waals surface area contributed by atoms with Gasteiger partial charge >= 0.3 is 0 Å². The maximum Gasteiger partial charge on any atom is 0.0947 e. The molecule has 2 nitrogen and oxygen atoms in total. The lowest BCUT2D eigenvalue weighted by Crippen LogP contribution is -2.14. The highest BCUT2D eigenvalue weighted by atomic mass is 79.9. The molecule has 18 heavy (non-hydrogen) atoms. The van der Waals surface area contributed by atoms with Crippen LogP contribution in [-0.4, -0.2) is 4.98 Å². The zero-order chi connectivity index (χ0) is 13.3. The van der Waals surface area contributed by atoms with Gasteiger partial charge in [-0.3, -0.25) is 0 Å². The van der Waals surface area contributed by atoms with Crippen molar-refractivity contribution in [3.63, 3.8) is 0 Å². The summed E-state index contributed by atoms with van der Waals surface area (Å²) in [7, 11) is 0. The Bertz CT molecular complexity index is 525. The van der Waals surface area contributed by atoms with E-state index in [9.17, 15) is 0 Å². The highest BCUT2D eigenvalue weighted by Gasteiger charge is 2.18. The number of rotatable bonds is 3. The van der Waals surface area contributed by atoms with Crippen LogP contribution in [0.2, 0.25) is 0 Å². The van der Waals surface area contributed by atoms with Gasteiger partial charge in [-0.25, -0.2) is 4.98 Å². The van der Waals surface area contributed by atoms with Gasteiger partial charge in [0.2, 0.25) is 0 Å². The molecule has 0 bridgehead atoms. The molecular weight excluding hydrogens is 328 g/mol. The van der Waals surface area contributed by atoms with Crippen LogP contribution < -0.4 is 5.73 Å². The fourth-order valence-electron chi connectivity index (χ4n) is 1.57. The number of nitrogens with zero attached hydrogens (tertiary/aromatic N) is 1. The van der Waals surface area contributed by atoms with Crippen LogP contribution in [0.25, 0.3) is 0 Å². The molecule has 0 fully saturated rings. The third-order valence-corrected chi connectivity index (χ3v) is 5.12. The van der Waals surface area contributed by atoms with Gasteiger partial charge in [-0.05, 0) is 32.9 Å². The van der Waals surface area contributed by atoms with E-state index in [-0.39, 0.29) is 11.5 Å². The van der Waals surface area contributed by atoms with Crippen LogP contribution in [0.4, 0.5) is 0 Å². The highest BCUT2D eigenvalue weighted by molar-refractivity contribution is 9.11. The average Bonchev–Trinajstić information content (AvgIpc) is 2.85. The Hall–Kier alpha value is -0.230. The monoisotopic (exact) mass is 344 g/mol. The number of halogens is 1. The zero-order valence-electron chi connectivity index (χ0n) is 10.7. The molecular formula is C13H17BrN2S2. The van der Waals surface area contributed by atoms with E-state index in [0.29, 0.717) is 0 Å². The van der Waals surface area contributed by atoms with Crippen LogP contribution in [0.3, 0.4) is 0 Å². The minimum Gasteiger partial charge on any atom is -0.324 e. The Morgan fingerprint density at radius 2 is 2.06 bits per heavy atom. The maximum absolute atomic E-state index is 6.21. The minimum absolute atomic E-state index is 0.0338. The summed E-state index contributed by atoms with van der Waals surface area (Å²) in [6.07, 6.45) is 0.809. The lowest BCUT2D eigenvalue weighted by molar-refractivity contribution is 0.569. The standard InChI is InChI=1S/C13H17BrN2S2/c1-13(2,3)10-7-18-12(16-10)5-9(15)8-4-11(14)17-6-8/h4,6-7,9H,5,15H2,1-3H3. The predicted molar refractivity (Wildman–Crippen MR) is 83.5 cm³/mol. The van der Waals surface area contributed by atoms with Gasteiger partial charge in [-0.15, -0.1) is 22.7 Å². The van der Waals surface area contributed by atoms with E-state index < -0.39 is 0 Å². The van der Waals surface area contributed by atoms with Crippen molar-refractivity contribution in [1.29, 1.82) is 0 Å². The van der Waals surface area contributed by atoms with E-state index in [1.54, 1.807) is 22.7 Å². The van der Waals surface area contributed by atoms with Gasteiger partial charge in [0.25, 0.3) is 0 Å². The van der Waals surface area contributed by atoms with E-state index in [1.807, 2.05) is 0 Å². The normalized spacial score (nSPS) is 13.8. The fourth-order valence-corrected chi connectivity index (χ4v) is 3.89. The van der Waals surface area contributed by atoms with Crippen LogP contribution in [0, 0.1) is 0 Å². The summed E-state index contributed by atoms with van der Waals surface area (Å²) in [5.41, 5.74) is 8.66. The number of thiophene rings is 1. The van der Waals surface area contributed by atoms with E-state index in [1.165, 1.54) is 5.56 Å². The molecule has 2 heterocycles. The molecule has 0 aliphatic heterocycles. The summed E-state index contributed by atoms with van der Waals surface area (Å²) in [6, 6.07) is 2.12. The van der Waals surface area contributed by atoms with Crippen LogP contribution in [-0.2, 0) is 11.8 Å². The maximum atomic E-state index is 6.21. The molecule has 0 saturated carbocycles. The van der Waals surface area contributed by atoms with Crippen molar-refractivity contribution < 1.29 is 0 Å². The number of nitrogens with two attached hydrogens (primary N) is 1. The third kappa shape index (κ3) is 3.41. The van der Waals surface area contributed by atoms with Crippen molar-refractivity contribution in [3.05, 3.63) is 36.9 Å². The average molecular weight is 345 g/mol. The van der Waals surface area contributed by atoms with Crippen molar-refractivity contribution in [3.8, 4) is 0 Å². The Morgan fingerprint density at radius 3 is 2.56 bits per heavy atom. The lowest BCUT2D eigenvalue weighted by Gasteiger charge is -2.14. The highest BCUT2D eigenvalue weighted by Crippen LogP contribution is 2.28. The number of hydrogen-bond acceptors (Lipinski definition) is 4. The summed E-state index contributed by atoms with van der Waals surface area (Å²) < 4.78 is 1.13. The van der Waals surface area contributed by atoms with E-state index in [4.69, 9.17) is 5.73 Å². The topological polar surface area (TPSA) is 38.9 Å². The van der Waals surface area contributed by atoms with Crippen molar-refractivity contribution in [2.75, 3.05) is 0 Å². The first-order valence-corrected chi connectivity index (χ1v) is 8.36. The molecule has 0 amide bonds. The van der Waals surface area contributed by atoms with Crippen LogP contribution in [0.5, 0.6) is 0 Å². The molecule has 2 N–H and O–H groups in total. The Labute approximate surface area is 124 Å². The van der Waals surface area contributed by atoms with Gasteiger partial charge < -0.3 is 5.73 Å². The van der Waals surface area contributed by atoms with E-state index >= 15 is 0 Å². The molecule has 2 aromatic rings. The fraction of sp³-hybridized carbons (Fsp3) is 0.462. The van der Waals surface area contributed by atoms with Crippen LogP contribution >= 0.6 is 38.6 Å². The quantitative estimate of drug-likeness (QED) is 0.889. The second-order valence-electron chi connectivity index (χ2n) is 5.37. The Morgan fingerprint density at radius 1 is 1.33 bits per heavy atom. The first-order chi connectivity index (χ1) is 8.36. The summed E-state index contributed by atoms with van der Waals surface area (Å²) in [4.78, 5) is 4.68. The second-order valence-corrected chi connectivity index (χ2v) is 8.60. The largest absolute Gasteiger partial charge is 0.324 e. The van der Waals surface area contributed by atoms with Crippen molar-refractivity contribution in [1.82, 2.24) is 4.98 Å². The van der Waals surface area contributed by atoms with Crippen LogP contribution in [0.1, 0.15) is 43.1 Å². The number of aromatic nitrogens is 1. The molecule has 98 valence electrons. The summed E-state index contributed by atoms with van der Waals surface area (Å²) in [5, 5.41) is 5.37. The van der Waals surface area contributed by atoms with Crippen molar-refractivity contribution in [2.24, 2.45) is 5.73 Å². The Balaban J connectivity index is 2.08. The number of hydrogen-bond donors (Lipinski definition) is 1. The summed E-state index contributed by atoms with van der Waals surface area (Å²) >= 11 is 6.85. The second kappa shape index (κ2) is 5.41. The summed E-state index contributed by atoms with van der Waals surface area (Å²) in [5.74, 6) is 0. The first-order valence-electron chi connectivity index (χ1n) is 5.80. The van der Waals surface area contributed by atoms with Gasteiger partial charge in [0, 0.05) is 23.3 Å². The van der Waals surface area contributed by atoms with E-state index in [0.717, 1.165) is 20.9 Å². The van der Waals surface area contributed by atoms with E-state index in [2.05, 4.69) is 58.5 Å². The van der Waals surface area contributed by atoms with Gasteiger partial charge in [-0.2, -0.15) is 0 Å². The van der Waals surface area contributed by atoms with Crippen molar-refractivity contribution >= 4 is 38.6 Å². The van der Waals surface area contributed by atoms with Crippen molar-refractivity contribution in [2.45, 2.75) is 38.6 Å². The zero-order valence-corrected chi connectivity index (χ0v) is 14.0. The molecule has 1 unspecified atom stereocenters. The minimum atomic E-state index is 0.0338. The third-order valence-electron chi connectivity index (χ3n) is 2.73. The summed E-state index contributed by atoms with van der Waals surface area (Å²) in [6.45, 7) is 6.55. The molecule has 0 aromatic carbocycles. The van der Waals surface area contributed by atoms with Gasteiger partial charge in [-0.1, -0.05) is 20.8 Å². The predicted octanol–water partition coefficient (Wildman–Crippen LogP) is 4.51. The van der Waals surface area contributed by atoms with Gasteiger partial charge in [0.15, 0.2) is 0 Å². The number of thiazole rings is 1.